The van der Waals surface area contributed by atoms with E-state index in [1.165, 1.54) is 0 Å². The molecule has 3 saturated heterocycles. The van der Waals surface area contributed by atoms with Crippen molar-refractivity contribution >= 4 is 15.9 Å². The van der Waals surface area contributed by atoms with Gasteiger partial charge in [0.05, 0.1) is 5.75 Å². The lowest BCUT2D eigenvalue weighted by atomic mass is 9.73. The zero-order valence-corrected chi connectivity index (χ0v) is 16.7. The van der Waals surface area contributed by atoms with Gasteiger partial charge in [-0.15, -0.1) is 0 Å². The van der Waals surface area contributed by atoms with Gasteiger partial charge in [-0.25, -0.2) is 8.42 Å². The maximum absolute atomic E-state index is 12.7. The molecule has 1 atom stereocenters. The highest BCUT2D eigenvalue weighted by atomic mass is 32.2. The van der Waals surface area contributed by atoms with Gasteiger partial charge in [-0.3, -0.25) is 4.79 Å². The van der Waals surface area contributed by atoms with Gasteiger partial charge in [0.15, 0.2) is 0 Å². The zero-order chi connectivity index (χ0) is 19.1. The lowest BCUT2D eigenvalue weighted by Gasteiger charge is -2.52. The first kappa shape index (κ1) is 18.9. The maximum atomic E-state index is 12.7. The molecule has 1 spiro atoms. The summed E-state index contributed by atoms with van der Waals surface area (Å²) in [5.41, 5.74) is 1.87. The standard InChI is InChI=1S/C20H28N2O4S/c1-16-3-2-12-27(24,25)22(16)13-17-4-6-18(7-5-17)19(23)21-14-20(15-21)8-10-26-11-9-20/h4-7,16H,2-3,8-15H2,1H3/t16-/m0/s1. The number of amides is 1. The van der Waals surface area contributed by atoms with Gasteiger partial charge in [-0.2, -0.15) is 4.31 Å². The van der Waals surface area contributed by atoms with E-state index in [9.17, 15) is 13.2 Å². The maximum Gasteiger partial charge on any atom is 0.253 e. The van der Waals surface area contributed by atoms with Gasteiger partial charge in [0.2, 0.25) is 10.0 Å². The summed E-state index contributed by atoms with van der Waals surface area (Å²) in [6.45, 7) is 5.58. The van der Waals surface area contributed by atoms with Crippen molar-refractivity contribution < 1.29 is 17.9 Å². The minimum atomic E-state index is -3.17. The fourth-order valence-electron chi connectivity index (χ4n) is 4.49. The first-order valence-electron chi connectivity index (χ1n) is 9.84. The number of benzene rings is 1. The van der Waals surface area contributed by atoms with Crippen molar-refractivity contribution in [3.05, 3.63) is 35.4 Å². The minimum Gasteiger partial charge on any atom is -0.381 e. The Bertz CT molecular complexity index is 792. The van der Waals surface area contributed by atoms with E-state index >= 15 is 0 Å². The lowest BCUT2D eigenvalue weighted by Crippen LogP contribution is -2.60. The fraction of sp³-hybridized carbons (Fsp3) is 0.650. The van der Waals surface area contributed by atoms with E-state index in [2.05, 4.69) is 0 Å². The molecule has 1 amide bonds. The highest BCUT2D eigenvalue weighted by Gasteiger charge is 2.45. The predicted octanol–water partition coefficient (Wildman–Crippen LogP) is 2.25. The van der Waals surface area contributed by atoms with Gasteiger partial charge in [0, 0.05) is 49.9 Å². The fourth-order valence-corrected chi connectivity index (χ4v) is 6.26. The number of ether oxygens (including phenoxy) is 1. The van der Waals surface area contributed by atoms with Crippen LogP contribution in [0.15, 0.2) is 24.3 Å². The molecule has 0 radical (unpaired) electrons. The van der Waals surface area contributed by atoms with Gasteiger partial charge in [0.1, 0.15) is 0 Å². The van der Waals surface area contributed by atoms with Crippen molar-refractivity contribution in [2.75, 3.05) is 32.1 Å². The summed E-state index contributed by atoms with van der Waals surface area (Å²) in [6, 6.07) is 7.45. The molecule has 3 aliphatic rings. The highest BCUT2D eigenvalue weighted by Crippen LogP contribution is 2.40. The summed E-state index contributed by atoms with van der Waals surface area (Å²) in [6.07, 6.45) is 3.71. The number of rotatable bonds is 3. The molecule has 1 aromatic rings. The molecule has 6 nitrogen and oxygen atoms in total. The number of carbonyl (C=O) groups excluding carboxylic acids is 1. The van der Waals surface area contributed by atoms with E-state index < -0.39 is 10.0 Å². The number of nitrogens with zero attached hydrogens (tertiary/aromatic N) is 2. The molecule has 27 heavy (non-hydrogen) atoms. The molecule has 3 fully saturated rings. The summed E-state index contributed by atoms with van der Waals surface area (Å²) < 4.78 is 31.6. The van der Waals surface area contributed by atoms with Crippen molar-refractivity contribution in [1.82, 2.24) is 9.21 Å². The second kappa shape index (κ2) is 7.18. The minimum absolute atomic E-state index is 0.0295. The van der Waals surface area contributed by atoms with Crippen LogP contribution in [0, 0.1) is 5.41 Å². The van der Waals surface area contributed by atoms with Crippen LogP contribution in [0.4, 0.5) is 0 Å². The van der Waals surface area contributed by atoms with Crippen LogP contribution in [0.2, 0.25) is 0 Å². The molecular weight excluding hydrogens is 364 g/mol. The highest BCUT2D eigenvalue weighted by molar-refractivity contribution is 7.89. The number of carbonyl (C=O) groups is 1. The molecule has 3 aliphatic heterocycles. The Morgan fingerprint density at radius 1 is 1.19 bits per heavy atom. The van der Waals surface area contributed by atoms with Gasteiger partial charge in [0.25, 0.3) is 5.91 Å². The van der Waals surface area contributed by atoms with E-state index in [1.807, 2.05) is 36.1 Å². The third-order valence-electron chi connectivity index (χ3n) is 6.31. The Hall–Kier alpha value is -1.44. The molecular formula is C20H28N2O4S. The van der Waals surface area contributed by atoms with Crippen LogP contribution >= 0.6 is 0 Å². The predicted molar refractivity (Wildman–Crippen MR) is 103 cm³/mol. The van der Waals surface area contributed by atoms with Crippen molar-refractivity contribution in [2.45, 2.75) is 45.2 Å². The normalized spacial score (nSPS) is 27.3. The molecule has 1 aromatic carbocycles. The SMILES string of the molecule is C[C@H]1CCCS(=O)(=O)N1Cc1ccc(C(=O)N2CC3(CCOCC3)C2)cc1. The van der Waals surface area contributed by atoms with E-state index in [0.29, 0.717) is 12.1 Å². The number of hydrogen-bond acceptors (Lipinski definition) is 4. The van der Waals surface area contributed by atoms with Crippen molar-refractivity contribution in [2.24, 2.45) is 5.41 Å². The van der Waals surface area contributed by atoms with Crippen LogP contribution < -0.4 is 0 Å². The molecule has 0 aromatic heterocycles. The largest absolute Gasteiger partial charge is 0.381 e. The molecule has 0 unspecified atom stereocenters. The third kappa shape index (κ3) is 3.77. The summed E-state index contributed by atoms with van der Waals surface area (Å²) >= 11 is 0. The number of likely N-dealkylation sites (tertiary alicyclic amines) is 1. The Morgan fingerprint density at radius 3 is 2.48 bits per heavy atom. The molecule has 0 aliphatic carbocycles. The molecule has 148 valence electrons. The molecule has 7 heteroatoms. The Labute approximate surface area is 161 Å². The van der Waals surface area contributed by atoms with Gasteiger partial charge < -0.3 is 9.64 Å². The van der Waals surface area contributed by atoms with E-state index in [0.717, 1.165) is 57.6 Å². The summed E-state index contributed by atoms with van der Waals surface area (Å²) in [5.74, 6) is 0.299. The average Bonchev–Trinajstić information content (AvgIpc) is 2.63. The topological polar surface area (TPSA) is 66.9 Å². The molecule has 3 heterocycles. The molecule has 0 bridgehead atoms. The van der Waals surface area contributed by atoms with Crippen LogP contribution in [-0.2, 0) is 21.3 Å². The molecule has 0 N–H and O–H groups in total. The smallest absolute Gasteiger partial charge is 0.253 e. The lowest BCUT2D eigenvalue weighted by molar-refractivity contribution is -0.0666. The van der Waals surface area contributed by atoms with Crippen LogP contribution in [-0.4, -0.2) is 61.6 Å². The first-order chi connectivity index (χ1) is 12.9. The Balaban J connectivity index is 1.38. The first-order valence-corrected chi connectivity index (χ1v) is 11.5. The van der Waals surface area contributed by atoms with Crippen molar-refractivity contribution in [3.8, 4) is 0 Å². The second-order valence-electron chi connectivity index (χ2n) is 8.32. The third-order valence-corrected chi connectivity index (χ3v) is 8.31. The van der Waals surface area contributed by atoms with Crippen LogP contribution in [0.5, 0.6) is 0 Å². The Morgan fingerprint density at radius 2 is 1.85 bits per heavy atom. The van der Waals surface area contributed by atoms with E-state index in [1.54, 1.807) is 4.31 Å². The average molecular weight is 393 g/mol. The summed E-state index contributed by atoms with van der Waals surface area (Å²) in [5, 5.41) is 0. The van der Waals surface area contributed by atoms with Crippen LogP contribution in [0.3, 0.4) is 0 Å². The quantitative estimate of drug-likeness (QED) is 0.791. The Kier molecular flexibility index (Phi) is 5.03. The molecule has 0 saturated carbocycles. The number of sulfonamides is 1. The van der Waals surface area contributed by atoms with Gasteiger partial charge >= 0.3 is 0 Å². The van der Waals surface area contributed by atoms with E-state index in [4.69, 9.17) is 4.74 Å². The summed E-state index contributed by atoms with van der Waals surface area (Å²) in [4.78, 5) is 14.6. The van der Waals surface area contributed by atoms with Gasteiger partial charge in [-0.05, 0) is 50.3 Å². The van der Waals surface area contributed by atoms with Crippen LogP contribution in [0.25, 0.3) is 0 Å². The summed E-state index contributed by atoms with van der Waals surface area (Å²) in [7, 11) is -3.17. The zero-order valence-electron chi connectivity index (χ0n) is 15.9. The van der Waals surface area contributed by atoms with Gasteiger partial charge in [-0.1, -0.05) is 12.1 Å². The number of hydrogen-bond donors (Lipinski definition) is 0. The van der Waals surface area contributed by atoms with Crippen molar-refractivity contribution in [3.63, 3.8) is 0 Å². The van der Waals surface area contributed by atoms with Crippen molar-refractivity contribution in [1.29, 1.82) is 0 Å². The monoisotopic (exact) mass is 392 g/mol. The van der Waals surface area contributed by atoms with Crippen LogP contribution in [0.1, 0.15) is 48.5 Å². The van der Waals surface area contributed by atoms with E-state index in [-0.39, 0.29) is 23.1 Å². The second-order valence-corrected chi connectivity index (χ2v) is 10.4. The molecule has 4 rings (SSSR count).